The Bertz CT molecular complexity index is 954. The van der Waals surface area contributed by atoms with E-state index in [0.717, 1.165) is 0 Å². The summed E-state index contributed by atoms with van der Waals surface area (Å²) in [6.07, 6.45) is 3.21. The third-order valence-electron chi connectivity index (χ3n) is 4.08. The molecule has 0 radical (unpaired) electrons. The van der Waals surface area contributed by atoms with E-state index in [1.807, 2.05) is 0 Å². The Morgan fingerprint density at radius 3 is 2.27 bits per heavy atom. The number of carbonyl (C=O) groups is 3. The number of pyridine rings is 1. The van der Waals surface area contributed by atoms with Crippen molar-refractivity contribution in [2.75, 3.05) is 20.8 Å². The van der Waals surface area contributed by atoms with Gasteiger partial charge in [-0.05, 0) is 32.0 Å². The van der Waals surface area contributed by atoms with Gasteiger partial charge >= 0.3 is 5.97 Å². The van der Waals surface area contributed by atoms with Crippen molar-refractivity contribution in [1.82, 2.24) is 5.43 Å². The summed E-state index contributed by atoms with van der Waals surface area (Å²) >= 11 is 0. The minimum Gasteiger partial charge on any atom is -0.493 e. The van der Waals surface area contributed by atoms with Gasteiger partial charge in [-0.3, -0.25) is 9.59 Å². The van der Waals surface area contributed by atoms with E-state index in [1.54, 1.807) is 54.2 Å². The lowest BCUT2D eigenvalue weighted by atomic mass is 10.1. The predicted octanol–water partition coefficient (Wildman–Crippen LogP) is 1.54. The molecule has 1 amide bonds. The lowest BCUT2D eigenvalue weighted by molar-refractivity contribution is -0.683. The molecule has 1 N–H and O–H groups in total. The highest BCUT2D eigenvalue weighted by atomic mass is 16.5. The van der Waals surface area contributed by atoms with Crippen LogP contribution in [-0.4, -0.2) is 44.2 Å². The number of ether oxygens (including phenoxy) is 3. The van der Waals surface area contributed by atoms with Crippen molar-refractivity contribution < 1.29 is 33.2 Å². The molecule has 0 atom stereocenters. The smallest absolute Gasteiger partial charge is 0.354 e. The number of nitrogens with zero attached hydrogens (tertiary/aromatic N) is 2. The number of carbonyl (C=O) groups excluding carboxylic acids is 3. The first-order valence-electron chi connectivity index (χ1n) is 9.15. The number of aromatic nitrogens is 1. The highest BCUT2D eigenvalue weighted by Gasteiger charge is 2.16. The number of benzene rings is 1. The summed E-state index contributed by atoms with van der Waals surface area (Å²) in [4.78, 5) is 36.2. The number of Topliss-reactive ketones (excluding diaryl/α,β-unsaturated/α-hetero) is 1. The van der Waals surface area contributed by atoms with Crippen molar-refractivity contribution in [3.63, 3.8) is 0 Å². The van der Waals surface area contributed by atoms with Crippen LogP contribution in [-0.2, 0) is 16.1 Å². The zero-order chi connectivity index (χ0) is 22.1. The number of amides is 1. The number of hydrazone groups is 1. The summed E-state index contributed by atoms with van der Waals surface area (Å²) in [5, 5.41) is 3.72. The van der Waals surface area contributed by atoms with Crippen LogP contribution in [0.3, 0.4) is 0 Å². The van der Waals surface area contributed by atoms with Gasteiger partial charge in [0.05, 0.1) is 26.4 Å². The third-order valence-corrected chi connectivity index (χ3v) is 4.08. The second kappa shape index (κ2) is 10.7. The molecule has 0 saturated heterocycles. The first-order chi connectivity index (χ1) is 14.4. The molecule has 0 aliphatic heterocycles. The van der Waals surface area contributed by atoms with Gasteiger partial charge in [-0.1, -0.05) is 0 Å². The minimum atomic E-state index is -0.600. The van der Waals surface area contributed by atoms with E-state index in [4.69, 9.17) is 14.2 Å². The fourth-order valence-electron chi connectivity index (χ4n) is 2.46. The second-order valence-electron chi connectivity index (χ2n) is 6.11. The molecular formula is C21H24N3O6+. The first-order valence-corrected chi connectivity index (χ1v) is 9.15. The standard InChI is InChI=1S/C21H23N3O6/c1-5-30-21(27)14(2)22-23-20(26)15-8-10-24(11-9-15)13-17(25)16-6-7-18(28-3)19(12-16)29-4/h6-12H,5,13H2,1-4H3/p+1. The second-order valence-corrected chi connectivity index (χ2v) is 6.11. The van der Waals surface area contributed by atoms with E-state index in [2.05, 4.69) is 10.5 Å². The maximum Gasteiger partial charge on any atom is 0.354 e. The molecule has 1 aromatic carbocycles. The van der Waals surface area contributed by atoms with Crippen LogP contribution in [0.2, 0.25) is 0 Å². The van der Waals surface area contributed by atoms with Gasteiger partial charge in [0, 0.05) is 17.7 Å². The average molecular weight is 414 g/mol. The Balaban J connectivity index is 2.02. The van der Waals surface area contributed by atoms with Gasteiger partial charge in [-0.25, -0.2) is 10.2 Å². The summed E-state index contributed by atoms with van der Waals surface area (Å²) in [5.41, 5.74) is 3.13. The zero-order valence-corrected chi connectivity index (χ0v) is 17.3. The van der Waals surface area contributed by atoms with Crippen LogP contribution in [0.15, 0.2) is 47.8 Å². The predicted molar refractivity (Wildman–Crippen MR) is 108 cm³/mol. The number of rotatable bonds is 9. The fourth-order valence-corrected chi connectivity index (χ4v) is 2.46. The Morgan fingerprint density at radius 1 is 1.00 bits per heavy atom. The van der Waals surface area contributed by atoms with Gasteiger partial charge in [0.2, 0.25) is 12.3 Å². The van der Waals surface area contributed by atoms with E-state index in [9.17, 15) is 14.4 Å². The van der Waals surface area contributed by atoms with E-state index >= 15 is 0 Å². The van der Waals surface area contributed by atoms with Crippen molar-refractivity contribution in [1.29, 1.82) is 0 Å². The van der Waals surface area contributed by atoms with Crippen molar-refractivity contribution in [3.05, 3.63) is 53.9 Å². The molecule has 2 rings (SSSR count). The number of ketones is 1. The molecule has 9 nitrogen and oxygen atoms in total. The van der Waals surface area contributed by atoms with Crippen LogP contribution in [0.5, 0.6) is 11.5 Å². The number of nitrogens with one attached hydrogen (secondary N) is 1. The highest BCUT2D eigenvalue weighted by molar-refractivity contribution is 6.35. The van der Waals surface area contributed by atoms with Crippen molar-refractivity contribution >= 4 is 23.4 Å². The van der Waals surface area contributed by atoms with Crippen LogP contribution in [0.25, 0.3) is 0 Å². The molecule has 30 heavy (non-hydrogen) atoms. The normalized spacial score (nSPS) is 10.9. The molecule has 2 aromatic rings. The molecule has 1 aromatic heterocycles. The Labute approximate surface area is 174 Å². The Hall–Kier alpha value is -3.75. The van der Waals surface area contributed by atoms with Crippen molar-refractivity contribution in [3.8, 4) is 11.5 Å². The van der Waals surface area contributed by atoms with Crippen LogP contribution >= 0.6 is 0 Å². The van der Waals surface area contributed by atoms with E-state index in [0.29, 0.717) is 22.6 Å². The molecule has 1 heterocycles. The van der Waals surface area contributed by atoms with Crippen LogP contribution in [0.1, 0.15) is 34.6 Å². The quantitative estimate of drug-likeness (QED) is 0.219. The summed E-state index contributed by atoms with van der Waals surface area (Å²) < 4.78 is 16.8. The van der Waals surface area contributed by atoms with Crippen LogP contribution in [0, 0.1) is 0 Å². The number of methoxy groups -OCH3 is 2. The summed E-state index contributed by atoms with van der Waals surface area (Å²) in [6, 6.07) is 8.05. The molecule has 0 saturated carbocycles. The van der Waals surface area contributed by atoms with Crippen molar-refractivity contribution in [2.45, 2.75) is 20.4 Å². The minimum absolute atomic E-state index is 0.0386. The van der Waals surface area contributed by atoms with E-state index in [-0.39, 0.29) is 24.6 Å². The number of esters is 1. The Kier molecular flexibility index (Phi) is 8.04. The maximum atomic E-state index is 12.5. The Morgan fingerprint density at radius 2 is 1.67 bits per heavy atom. The van der Waals surface area contributed by atoms with Crippen molar-refractivity contribution in [2.24, 2.45) is 5.10 Å². The molecular weight excluding hydrogens is 390 g/mol. The lowest BCUT2D eigenvalue weighted by Crippen LogP contribution is -2.37. The van der Waals surface area contributed by atoms with E-state index < -0.39 is 11.9 Å². The molecule has 0 bridgehead atoms. The van der Waals surface area contributed by atoms with Crippen LogP contribution < -0.4 is 19.5 Å². The summed E-state index contributed by atoms with van der Waals surface area (Å²) in [6.45, 7) is 3.42. The highest BCUT2D eigenvalue weighted by Crippen LogP contribution is 2.27. The number of hydrogen-bond acceptors (Lipinski definition) is 7. The fraction of sp³-hybridized carbons (Fsp3) is 0.286. The first kappa shape index (κ1) is 22.5. The number of hydrogen-bond donors (Lipinski definition) is 1. The molecule has 0 aliphatic rings. The van der Waals surface area contributed by atoms with Gasteiger partial charge < -0.3 is 14.2 Å². The average Bonchev–Trinajstić information content (AvgIpc) is 2.77. The lowest BCUT2D eigenvalue weighted by Gasteiger charge is -2.08. The zero-order valence-electron chi connectivity index (χ0n) is 17.3. The summed E-state index contributed by atoms with van der Waals surface area (Å²) in [7, 11) is 3.03. The summed E-state index contributed by atoms with van der Waals surface area (Å²) in [5.74, 6) is -0.209. The van der Waals surface area contributed by atoms with Crippen LogP contribution in [0.4, 0.5) is 0 Å². The van der Waals surface area contributed by atoms with Gasteiger partial charge in [-0.2, -0.15) is 9.67 Å². The SMILES string of the molecule is CCOC(=O)/C(C)=N/NC(=O)c1cc[n+](CC(=O)c2ccc(OC)c(OC)c2)cc1. The van der Waals surface area contributed by atoms with E-state index in [1.165, 1.54) is 21.1 Å². The van der Waals surface area contributed by atoms with Gasteiger partial charge in [0.15, 0.2) is 23.9 Å². The largest absolute Gasteiger partial charge is 0.493 e. The molecule has 0 spiro atoms. The molecule has 158 valence electrons. The van der Waals surface area contributed by atoms with Gasteiger partial charge in [0.25, 0.3) is 5.91 Å². The molecule has 0 fully saturated rings. The van der Waals surface area contributed by atoms with Gasteiger partial charge in [0.1, 0.15) is 5.71 Å². The molecule has 9 heteroatoms. The maximum absolute atomic E-state index is 12.5. The monoisotopic (exact) mass is 414 g/mol. The molecule has 0 aliphatic carbocycles. The molecule has 0 unspecified atom stereocenters. The topological polar surface area (TPSA) is 107 Å². The third kappa shape index (κ3) is 5.87. The van der Waals surface area contributed by atoms with Gasteiger partial charge in [-0.15, -0.1) is 0 Å².